The number of carbonyl (C=O) groups is 1. The molecule has 0 aliphatic carbocycles. The van der Waals surface area contributed by atoms with Gasteiger partial charge in [-0.2, -0.15) is 0 Å². The summed E-state index contributed by atoms with van der Waals surface area (Å²) in [5.41, 5.74) is 2.43. The van der Waals surface area contributed by atoms with Gasteiger partial charge in [0.2, 0.25) is 15.9 Å². The van der Waals surface area contributed by atoms with E-state index >= 15 is 0 Å². The van der Waals surface area contributed by atoms with Crippen LogP contribution in [0.4, 0.5) is 0 Å². The van der Waals surface area contributed by atoms with Crippen LogP contribution in [-0.4, -0.2) is 50.6 Å². The van der Waals surface area contributed by atoms with Crippen LogP contribution in [0.25, 0.3) is 0 Å². The zero-order chi connectivity index (χ0) is 23.5. The largest absolute Gasteiger partial charge is 0.492 e. The van der Waals surface area contributed by atoms with Gasteiger partial charge in [-0.05, 0) is 55.4 Å². The normalized spacial score (nSPS) is 16.9. The monoisotopic (exact) mass is 472 g/mol. The quantitative estimate of drug-likeness (QED) is 0.477. The summed E-state index contributed by atoms with van der Waals surface area (Å²) >= 11 is 0. The molecule has 2 aromatic carbocycles. The molecule has 1 fully saturated rings. The lowest BCUT2D eigenvalue weighted by molar-refractivity contribution is -0.126. The lowest BCUT2D eigenvalue weighted by Crippen LogP contribution is -2.46. The molecule has 1 unspecified atom stereocenters. The van der Waals surface area contributed by atoms with E-state index in [-0.39, 0.29) is 24.1 Å². The summed E-state index contributed by atoms with van der Waals surface area (Å²) in [6.07, 6.45) is 4.89. The Balaban J connectivity index is 1.39. The third kappa shape index (κ3) is 8.16. The molecule has 1 atom stereocenters. The van der Waals surface area contributed by atoms with E-state index in [4.69, 9.17) is 4.74 Å². The maximum absolute atomic E-state index is 12.8. The van der Waals surface area contributed by atoms with Gasteiger partial charge in [0.1, 0.15) is 12.4 Å². The van der Waals surface area contributed by atoms with E-state index in [1.54, 1.807) is 0 Å². The zero-order valence-electron chi connectivity index (χ0n) is 19.5. The van der Waals surface area contributed by atoms with Crippen molar-refractivity contribution in [2.75, 3.05) is 32.0 Å². The lowest BCUT2D eigenvalue weighted by Gasteiger charge is -2.31. The van der Waals surface area contributed by atoms with E-state index in [1.165, 1.54) is 9.87 Å². The fourth-order valence-corrected chi connectivity index (χ4v) is 5.75. The first-order valence-corrected chi connectivity index (χ1v) is 13.6. The van der Waals surface area contributed by atoms with Crippen molar-refractivity contribution in [2.24, 2.45) is 5.92 Å². The Bertz CT molecular complexity index is 962. The van der Waals surface area contributed by atoms with Crippen molar-refractivity contribution in [3.05, 3.63) is 65.7 Å². The summed E-state index contributed by atoms with van der Waals surface area (Å²) < 4.78 is 32.8. The van der Waals surface area contributed by atoms with Crippen LogP contribution in [0, 0.1) is 5.92 Å². The number of rotatable bonds is 12. The van der Waals surface area contributed by atoms with Gasteiger partial charge in [-0.3, -0.25) is 4.79 Å². The van der Waals surface area contributed by atoms with E-state index in [9.17, 15) is 13.2 Å². The van der Waals surface area contributed by atoms with Gasteiger partial charge < -0.3 is 10.1 Å². The summed E-state index contributed by atoms with van der Waals surface area (Å²) in [5.74, 6) is 0.493. The SMILES string of the molecule is CCCc1ccc(OCCNC(=O)C2CCCN(S(=O)(=O)CCCc3ccccc3)C2)cc1. The number of carbonyl (C=O) groups excluding carboxylic acids is 1. The number of hydrogen-bond donors (Lipinski definition) is 1. The molecular weight excluding hydrogens is 436 g/mol. The number of nitrogens with zero attached hydrogens (tertiary/aromatic N) is 1. The molecule has 3 rings (SSSR count). The Labute approximate surface area is 198 Å². The molecular formula is C26H36N2O4S. The predicted octanol–water partition coefficient (Wildman–Crippen LogP) is 3.81. The van der Waals surface area contributed by atoms with E-state index in [2.05, 4.69) is 24.4 Å². The highest BCUT2D eigenvalue weighted by molar-refractivity contribution is 7.89. The molecule has 1 saturated heterocycles. The number of benzene rings is 2. The highest BCUT2D eigenvalue weighted by atomic mass is 32.2. The number of nitrogens with one attached hydrogen (secondary N) is 1. The third-order valence-corrected chi connectivity index (χ3v) is 7.91. The fourth-order valence-electron chi connectivity index (χ4n) is 4.17. The average molecular weight is 473 g/mol. The number of ether oxygens (including phenoxy) is 1. The van der Waals surface area contributed by atoms with Crippen LogP contribution in [0.15, 0.2) is 54.6 Å². The maximum atomic E-state index is 12.8. The summed E-state index contributed by atoms with van der Waals surface area (Å²) in [4.78, 5) is 12.6. The first-order valence-electron chi connectivity index (χ1n) is 12.0. The Hall–Kier alpha value is -2.38. The topological polar surface area (TPSA) is 75.7 Å². The standard InChI is InChI=1S/C26H36N2O4S/c1-2-8-22-13-15-25(16-14-22)32-19-17-27-26(29)24-12-6-18-28(21-24)33(30,31)20-7-11-23-9-4-3-5-10-23/h3-5,9-10,13-16,24H,2,6-8,11-12,17-21H2,1H3,(H,27,29). The molecule has 180 valence electrons. The molecule has 0 aromatic heterocycles. The Kier molecular flexibility index (Phi) is 9.76. The summed E-state index contributed by atoms with van der Waals surface area (Å²) in [7, 11) is -3.36. The second-order valence-corrected chi connectivity index (χ2v) is 10.7. The molecule has 1 N–H and O–H groups in total. The van der Waals surface area contributed by atoms with Crippen LogP contribution < -0.4 is 10.1 Å². The average Bonchev–Trinajstić information content (AvgIpc) is 2.83. The van der Waals surface area contributed by atoms with Crippen molar-refractivity contribution >= 4 is 15.9 Å². The van der Waals surface area contributed by atoms with Crippen LogP contribution in [0.1, 0.15) is 43.7 Å². The van der Waals surface area contributed by atoms with E-state index in [0.29, 0.717) is 39.0 Å². The molecule has 1 aliphatic rings. The van der Waals surface area contributed by atoms with Crippen molar-refractivity contribution in [1.29, 1.82) is 0 Å². The number of piperidine rings is 1. The van der Waals surface area contributed by atoms with Crippen LogP contribution >= 0.6 is 0 Å². The Morgan fingerprint density at radius 1 is 1.06 bits per heavy atom. The molecule has 0 radical (unpaired) electrons. The van der Waals surface area contributed by atoms with Crippen LogP contribution in [-0.2, 0) is 27.7 Å². The summed E-state index contributed by atoms with van der Waals surface area (Å²) in [6, 6.07) is 17.9. The van der Waals surface area contributed by atoms with Gasteiger partial charge in [-0.15, -0.1) is 0 Å². The minimum absolute atomic E-state index is 0.0962. The first-order chi connectivity index (χ1) is 16.0. The molecule has 6 nitrogen and oxygen atoms in total. The van der Waals surface area contributed by atoms with Gasteiger partial charge in [-0.25, -0.2) is 12.7 Å². The molecule has 1 aliphatic heterocycles. The van der Waals surface area contributed by atoms with Crippen molar-refractivity contribution < 1.29 is 17.9 Å². The minimum atomic E-state index is -3.36. The highest BCUT2D eigenvalue weighted by Gasteiger charge is 2.31. The molecule has 2 aromatic rings. The predicted molar refractivity (Wildman–Crippen MR) is 132 cm³/mol. The summed E-state index contributed by atoms with van der Waals surface area (Å²) in [6.45, 7) is 3.69. The molecule has 1 heterocycles. The summed E-state index contributed by atoms with van der Waals surface area (Å²) in [5, 5.41) is 2.91. The van der Waals surface area contributed by atoms with Crippen LogP contribution in [0.5, 0.6) is 5.75 Å². The molecule has 0 spiro atoms. The van der Waals surface area contributed by atoms with E-state index in [1.807, 2.05) is 42.5 Å². The second kappa shape index (κ2) is 12.8. The molecule has 7 heteroatoms. The zero-order valence-corrected chi connectivity index (χ0v) is 20.4. The van der Waals surface area contributed by atoms with E-state index < -0.39 is 10.0 Å². The number of sulfonamides is 1. The number of aryl methyl sites for hydroxylation is 2. The lowest BCUT2D eigenvalue weighted by atomic mass is 9.99. The van der Waals surface area contributed by atoms with Gasteiger partial charge in [0.05, 0.1) is 18.2 Å². The van der Waals surface area contributed by atoms with Crippen LogP contribution in [0.2, 0.25) is 0 Å². The molecule has 33 heavy (non-hydrogen) atoms. The van der Waals surface area contributed by atoms with Crippen molar-refractivity contribution in [3.8, 4) is 5.75 Å². The first kappa shape index (κ1) is 25.2. The maximum Gasteiger partial charge on any atom is 0.224 e. The Morgan fingerprint density at radius 3 is 2.52 bits per heavy atom. The third-order valence-electron chi connectivity index (χ3n) is 5.99. The van der Waals surface area contributed by atoms with Crippen molar-refractivity contribution in [3.63, 3.8) is 0 Å². The van der Waals surface area contributed by atoms with E-state index in [0.717, 1.165) is 30.6 Å². The number of hydrogen-bond acceptors (Lipinski definition) is 4. The fraction of sp³-hybridized carbons (Fsp3) is 0.500. The molecule has 0 bridgehead atoms. The van der Waals surface area contributed by atoms with Crippen molar-refractivity contribution in [2.45, 2.75) is 45.4 Å². The van der Waals surface area contributed by atoms with Gasteiger partial charge >= 0.3 is 0 Å². The van der Waals surface area contributed by atoms with Gasteiger partial charge in [0.15, 0.2) is 0 Å². The smallest absolute Gasteiger partial charge is 0.224 e. The minimum Gasteiger partial charge on any atom is -0.492 e. The number of amides is 1. The Morgan fingerprint density at radius 2 is 1.79 bits per heavy atom. The van der Waals surface area contributed by atoms with Crippen molar-refractivity contribution in [1.82, 2.24) is 9.62 Å². The van der Waals surface area contributed by atoms with Gasteiger partial charge in [0.25, 0.3) is 0 Å². The van der Waals surface area contributed by atoms with Gasteiger partial charge in [-0.1, -0.05) is 55.8 Å². The van der Waals surface area contributed by atoms with Crippen LogP contribution in [0.3, 0.4) is 0 Å². The highest BCUT2D eigenvalue weighted by Crippen LogP contribution is 2.20. The van der Waals surface area contributed by atoms with Gasteiger partial charge in [0, 0.05) is 13.1 Å². The second-order valence-electron chi connectivity index (χ2n) is 8.64. The molecule has 0 saturated carbocycles. The molecule has 1 amide bonds.